The maximum Gasteiger partial charge on any atom is 0.331 e. The van der Waals surface area contributed by atoms with Gasteiger partial charge in [-0.25, -0.2) is 13.2 Å². The minimum atomic E-state index is -3.66. The zero-order chi connectivity index (χ0) is 23.0. The number of carbonyl (C=O) groups is 2. The number of anilines is 1. The van der Waals surface area contributed by atoms with E-state index in [1.807, 2.05) is 0 Å². The van der Waals surface area contributed by atoms with Gasteiger partial charge in [0.05, 0.1) is 4.90 Å². The highest BCUT2D eigenvalue weighted by Gasteiger charge is 2.22. The molecule has 0 atom stereocenters. The number of nitrogens with one attached hydrogen (secondary N) is 1. The summed E-state index contributed by atoms with van der Waals surface area (Å²) in [5.41, 5.74) is 1.78. The summed E-state index contributed by atoms with van der Waals surface area (Å²) in [6, 6.07) is 11.4. The van der Waals surface area contributed by atoms with Crippen LogP contribution in [-0.4, -0.2) is 44.3 Å². The molecule has 1 amide bonds. The number of nitrogens with zero attached hydrogens (tertiary/aromatic N) is 1. The van der Waals surface area contributed by atoms with Gasteiger partial charge in [-0.3, -0.25) is 4.79 Å². The molecule has 0 bridgehead atoms. The second-order valence-corrected chi connectivity index (χ2v) is 8.98. The summed E-state index contributed by atoms with van der Waals surface area (Å²) in [5, 5.41) is 3.18. The fraction of sp³-hybridized carbons (Fsp3) is 0.273. The lowest BCUT2D eigenvalue weighted by atomic mass is 10.2. The van der Waals surface area contributed by atoms with Crippen LogP contribution in [0.3, 0.4) is 0 Å². The van der Waals surface area contributed by atoms with Crippen LogP contribution >= 0.6 is 11.6 Å². The summed E-state index contributed by atoms with van der Waals surface area (Å²) in [7, 11) is -3.66. The minimum Gasteiger partial charge on any atom is -0.452 e. The molecule has 7 nitrogen and oxygen atoms in total. The van der Waals surface area contributed by atoms with Crippen LogP contribution in [0.4, 0.5) is 5.69 Å². The first-order valence-corrected chi connectivity index (χ1v) is 11.5. The molecule has 1 N–H and O–H groups in total. The summed E-state index contributed by atoms with van der Waals surface area (Å²) in [5.74, 6) is -1.26. The summed E-state index contributed by atoms with van der Waals surface area (Å²) in [6.07, 6.45) is 2.75. The van der Waals surface area contributed by atoms with Gasteiger partial charge in [0.2, 0.25) is 10.0 Å². The predicted molar refractivity (Wildman–Crippen MR) is 121 cm³/mol. The summed E-state index contributed by atoms with van der Waals surface area (Å²) < 4.78 is 31.7. The lowest BCUT2D eigenvalue weighted by Crippen LogP contribution is -2.30. The van der Waals surface area contributed by atoms with E-state index in [0.29, 0.717) is 29.4 Å². The third-order valence-electron chi connectivity index (χ3n) is 4.45. The number of benzene rings is 2. The molecule has 166 valence electrons. The topological polar surface area (TPSA) is 92.8 Å². The van der Waals surface area contributed by atoms with Gasteiger partial charge >= 0.3 is 5.97 Å². The molecular formula is C22H25ClN2O5S. The second-order valence-electron chi connectivity index (χ2n) is 6.61. The molecule has 2 aromatic carbocycles. The van der Waals surface area contributed by atoms with Crippen LogP contribution in [0.1, 0.15) is 25.0 Å². The molecule has 0 aliphatic carbocycles. The van der Waals surface area contributed by atoms with E-state index in [4.69, 9.17) is 16.3 Å². The van der Waals surface area contributed by atoms with E-state index in [-0.39, 0.29) is 4.90 Å². The number of hydrogen-bond acceptors (Lipinski definition) is 5. The second kappa shape index (κ2) is 11.1. The van der Waals surface area contributed by atoms with Crippen LogP contribution in [0.5, 0.6) is 0 Å². The van der Waals surface area contributed by atoms with Crippen molar-refractivity contribution in [2.24, 2.45) is 0 Å². The molecule has 2 rings (SSSR count). The molecule has 0 aliphatic rings. The highest BCUT2D eigenvalue weighted by Crippen LogP contribution is 2.23. The minimum absolute atomic E-state index is 0.0833. The van der Waals surface area contributed by atoms with Gasteiger partial charge in [-0.2, -0.15) is 4.31 Å². The Hall–Kier alpha value is -2.68. The zero-order valence-electron chi connectivity index (χ0n) is 17.6. The van der Waals surface area contributed by atoms with Crippen LogP contribution in [0.15, 0.2) is 53.4 Å². The van der Waals surface area contributed by atoms with E-state index in [2.05, 4.69) is 5.32 Å². The van der Waals surface area contributed by atoms with Crippen molar-refractivity contribution in [3.05, 3.63) is 64.7 Å². The normalized spacial score (nSPS) is 11.6. The standard InChI is InChI=1S/C22H25ClN2O5S/c1-4-25(5-2)31(28,29)19-12-6-16(3)20(14-19)24-21(26)15-30-22(27)13-9-17-7-10-18(23)11-8-17/h6-14H,4-5,15H2,1-3H3,(H,24,26)/b13-9+. The molecule has 0 aliphatic heterocycles. The van der Waals surface area contributed by atoms with Crippen molar-refractivity contribution in [3.63, 3.8) is 0 Å². The molecular weight excluding hydrogens is 440 g/mol. The van der Waals surface area contributed by atoms with Crippen LogP contribution in [0.2, 0.25) is 5.02 Å². The molecule has 9 heteroatoms. The molecule has 0 saturated carbocycles. The van der Waals surface area contributed by atoms with E-state index in [1.165, 1.54) is 22.5 Å². The number of amides is 1. The third-order valence-corrected chi connectivity index (χ3v) is 6.75. The fourth-order valence-corrected chi connectivity index (χ4v) is 4.33. The van der Waals surface area contributed by atoms with Gasteiger partial charge in [0.1, 0.15) is 0 Å². The smallest absolute Gasteiger partial charge is 0.331 e. The van der Waals surface area contributed by atoms with Gasteiger partial charge in [0, 0.05) is 29.9 Å². The Bertz CT molecular complexity index is 1060. The van der Waals surface area contributed by atoms with E-state index in [9.17, 15) is 18.0 Å². The van der Waals surface area contributed by atoms with Crippen molar-refractivity contribution >= 4 is 45.3 Å². The molecule has 0 radical (unpaired) electrons. The largest absolute Gasteiger partial charge is 0.452 e. The maximum atomic E-state index is 12.7. The highest BCUT2D eigenvalue weighted by molar-refractivity contribution is 7.89. The Morgan fingerprint density at radius 3 is 2.35 bits per heavy atom. The quantitative estimate of drug-likeness (QED) is 0.449. The van der Waals surface area contributed by atoms with E-state index in [0.717, 1.165) is 5.56 Å². The average Bonchev–Trinajstić information content (AvgIpc) is 2.74. The Balaban J connectivity index is 2.00. The van der Waals surface area contributed by atoms with Crippen molar-refractivity contribution in [1.82, 2.24) is 4.31 Å². The molecule has 0 aromatic heterocycles. The van der Waals surface area contributed by atoms with Gasteiger partial charge < -0.3 is 10.1 Å². The Morgan fingerprint density at radius 2 is 1.74 bits per heavy atom. The average molecular weight is 465 g/mol. The van der Waals surface area contributed by atoms with E-state index < -0.39 is 28.5 Å². The first-order chi connectivity index (χ1) is 14.7. The number of hydrogen-bond donors (Lipinski definition) is 1. The SMILES string of the molecule is CCN(CC)S(=O)(=O)c1ccc(C)c(NC(=O)COC(=O)/C=C/c2ccc(Cl)cc2)c1. The number of ether oxygens (including phenoxy) is 1. The van der Waals surface area contributed by atoms with Gasteiger partial charge in [-0.05, 0) is 48.4 Å². The van der Waals surface area contributed by atoms with Crippen LogP contribution in [-0.2, 0) is 24.3 Å². The maximum absolute atomic E-state index is 12.7. The predicted octanol–water partition coefficient (Wildman–Crippen LogP) is 3.87. The fourth-order valence-electron chi connectivity index (χ4n) is 2.72. The Kier molecular flexibility index (Phi) is 8.79. The Morgan fingerprint density at radius 1 is 1.10 bits per heavy atom. The summed E-state index contributed by atoms with van der Waals surface area (Å²) >= 11 is 5.81. The van der Waals surface area contributed by atoms with E-state index >= 15 is 0 Å². The molecule has 0 spiro atoms. The number of halogens is 1. The number of sulfonamides is 1. The molecule has 2 aromatic rings. The van der Waals surface area contributed by atoms with Crippen molar-refractivity contribution in [2.75, 3.05) is 25.0 Å². The van der Waals surface area contributed by atoms with Gasteiger partial charge in [0.25, 0.3) is 5.91 Å². The third kappa shape index (κ3) is 6.92. The Labute approximate surface area is 187 Å². The zero-order valence-corrected chi connectivity index (χ0v) is 19.2. The lowest BCUT2D eigenvalue weighted by molar-refractivity contribution is -0.142. The van der Waals surface area contributed by atoms with Crippen molar-refractivity contribution in [2.45, 2.75) is 25.7 Å². The molecule has 31 heavy (non-hydrogen) atoms. The number of carbonyl (C=O) groups excluding carboxylic acids is 2. The van der Waals surface area contributed by atoms with Crippen LogP contribution in [0, 0.1) is 6.92 Å². The summed E-state index contributed by atoms with van der Waals surface area (Å²) in [4.78, 5) is 24.1. The number of rotatable bonds is 9. The van der Waals surface area contributed by atoms with Gasteiger partial charge in [0.15, 0.2) is 6.61 Å². The monoisotopic (exact) mass is 464 g/mol. The molecule has 0 saturated heterocycles. The summed E-state index contributed by atoms with van der Waals surface area (Å²) in [6.45, 7) is 5.43. The van der Waals surface area contributed by atoms with Crippen molar-refractivity contribution in [3.8, 4) is 0 Å². The molecule has 0 unspecified atom stereocenters. The van der Waals surface area contributed by atoms with E-state index in [1.54, 1.807) is 57.2 Å². The number of esters is 1. The van der Waals surface area contributed by atoms with Crippen LogP contribution in [0.25, 0.3) is 6.08 Å². The highest BCUT2D eigenvalue weighted by atomic mass is 35.5. The first kappa shape index (κ1) is 24.6. The lowest BCUT2D eigenvalue weighted by Gasteiger charge is -2.19. The van der Waals surface area contributed by atoms with Gasteiger partial charge in [-0.15, -0.1) is 0 Å². The van der Waals surface area contributed by atoms with Crippen molar-refractivity contribution in [1.29, 1.82) is 0 Å². The molecule has 0 heterocycles. The first-order valence-electron chi connectivity index (χ1n) is 9.68. The van der Waals surface area contributed by atoms with Gasteiger partial charge in [-0.1, -0.05) is 43.6 Å². The van der Waals surface area contributed by atoms with Crippen molar-refractivity contribution < 1.29 is 22.7 Å². The number of aryl methyl sites for hydroxylation is 1. The molecule has 0 fully saturated rings. The van der Waals surface area contributed by atoms with Crippen LogP contribution < -0.4 is 5.32 Å².